The van der Waals surface area contributed by atoms with Crippen LogP contribution in [0.4, 0.5) is 0 Å². The predicted molar refractivity (Wildman–Crippen MR) is 70.5 cm³/mol. The Bertz CT molecular complexity index is 626. The molecule has 0 bridgehead atoms. The average Bonchev–Trinajstić information content (AvgIpc) is 2.69. The predicted octanol–water partition coefficient (Wildman–Crippen LogP) is 4.37. The molecule has 0 atom stereocenters. The Balaban J connectivity index is 2.33. The normalized spacial score (nSPS) is 10.8. The molecular formula is C14H10BrN. The second-order valence-corrected chi connectivity index (χ2v) is 4.52. The number of hydrogen-bond acceptors (Lipinski definition) is 0. The van der Waals surface area contributed by atoms with E-state index in [0.717, 1.165) is 4.60 Å². The topological polar surface area (TPSA) is 4.41 Å². The van der Waals surface area contributed by atoms with Crippen LogP contribution in [0.15, 0.2) is 65.4 Å². The zero-order valence-electron chi connectivity index (χ0n) is 8.60. The van der Waals surface area contributed by atoms with Crippen molar-refractivity contribution in [2.45, 2.75) is 0 Å². The smallest absolute Gasteiger partial charge is 0.0898 e. The molecule has 16 heavy (non-hydrogen) atoms. The summed E-state index contributed by atoms with van der Waals surface area (Å²) in [5, 5.41) is 0. The summed E-state index contributed by atoms with van der Waals surface area (Å²) < 4.78 is 3.23. The molecule has 0 saturated heterocycles. The Kier molecular flexibility index (Phi) is 2.29. The van der Waals surface area contributed by atoms with Crippen LogP contribution in [0.1, 0.15) is 0 Å². The molecule has 0 radical (unpaired) electrons. The lowest BCUT2D eigenvalue weighted by molar-refractivity contribution is 1.16. The third-order valence-corrected chi connectivity index (χ3v) is 3.33. The summed E-state index contributed by atoms with van der Waals surface area (Å²) in [7, 11) is 0. The van der Waals surface area contributed by atoms with E-state index >= 15 is 0 Å². The van der Waals surface area contributed by atoms with Crippen molar-refractivity contribution in [3.63, 3.8) is 0 Å². The minimum absolute atomic E-state index is 1.09. The van der Waals surface area contributed by atoms with E-state index in [9.17, 15) is 0 Å². The third kappa shape index (κ3) is 1.46. The SMILES string of the molecule is Brc1cc(-c2ccccc2)c2ccccn12. The molecule has 3 rings (SSSR count). The second-order valence-electron chi connectivity index (χ2n) is 3.70. The zero-order chi connectivity index (χ0) is 11.0. The Morgan fingerprint density at radius 2 is 1.62 bits per heavy atom. The molecule has 0 saturated carbocycles. The van der Waals surface area contributed by atoms with Crippen LogP contribution in [-0.2, 0) is 0 Å². The van der Waals surface area contributed by atoms with Gasteiger partial charge in [0.25, 0.3) is 0 Å². The number of benzene rings is 1. The molecule has 0 aliphatic heterocycles. The van der Waals surface area contributed by atoms with E-state index in [2.05, 4.69) is 69.0 Å². The highest BCUT2D eigenvalue weighted by molar-refractivity contribution is 9.10. The Labute approximate surface area is 102 Å². The molecule has 0 aliphatic rings. The molecule has 0 amide bonds. The minimum Gasteiger partial charge on any atom is -0.311 e. The monoisotopic (exact) mass is 271 g/mol. The molecule has 2 heterocycles. The standard InChI is InChI=1S/C14H10BrN/c15-14-10-12(11-6-2-1-3-7-11)13-8-4-5-9-16(13)14/h1-10H. The van der Waals surface area contributed by atoms with Gasteiger partial charge in [0.05, 0.1) is 10.1 Å². The van der Waals surface area contributed by atoms with Crippen molar-refractivity contribution >= 4 is 21.4 Å². The van der Waals surface area contributed by atoms with Gasteiger partial charge >= 0.3 is 0 Å². The van der Waals surface area contributed by atoms with Gasteiger partial charge in [-0.1, -0.05) is 36.4 Å². The Morgan fingerprint density at radius 3 is 2.44 bits per heavy atom. The number of pyridine rings is 1. The van der Waals surface area contributed by atoms with Crippen molar-refractivity contribution in [1.29, 1.82) is 0 Å². The van der Waals surface area contributed by atoms with E-state index in [1.807, 2.05) is 12.1 Å². The molecule has 2 aromatic heterocycles. The number of hydrogen-bond donors (Lipinski definition) is 0. The summed E-state index contributed by atoms with van der Waals surface area (Å²) in [5.41, 5.74) is 3.73. The summed E-state index contributed by atoms with van der Waals surface area (Å²) in [4.78, 5) is 0. The fourth-order valence-corrected chi connectivity index (χ4v) is 2.50. The minimum atomic E-state index is 1.09. The highest BCUT2D eigenvalue weighted by Gasteiger charge is 2.07. The van der Waals surface area contributed by atoms with Crippen LogP contribution in [0.2, 0.25) is 0 Å². The van der Waals surface area contributed by atoms with E-state index in [-0.39, 0.29) is 0 Å². The Morgan fingerprint density at radius 1 is 0.875 bits per heavy atom. The molecule has 78 valence electrons. The first-order valence-electron chi connectivity index (χ1n) is 5.17. The molecule has 0 spiro atoms. The average molecular weight is 272 g/mol. The summed E-state index contributed by atoms with van der Waals surface area (Å²) in [6.07, 6.45) is 2.06. The van der Waals surface area contributed by atoms with Crippen LogP contribution in [0.3, 0.4) is 0 Å². The Hall–Kier alpha value is -1.54. The number of aromatic nitrogens is 1. The fraction of sp³-hybridized carbons (Fsp3) is 0. The first-order chi connectivity index (χ1) is 7.86. The van der Waals surface area contributed by atoms with Gasteiger partial charge < -0.3 is 4.40 Å². The van der Waals surface area contributed by atoms with Crippen molar-refractivity contribution in [2.75, 3.05) is 0 Å². The molecule has 0 N–H and O–H groups in total. The molecule has 2 heteroatoms. The lowest BCUT2D eigenvalue weighted by Crippen LogP contribution is -1.81. The van der Waals surface area contributed by atoms with Gasteiger partial charge in [-0.15, -0.1) is 0 Å². The number of rotatable bonds is 1. The first-order valence-corrected chi connectivity index (χ1v) is 5.96. The van der Waals surface area contributed by atoms with Crippen LogP contribution in [0.5, 0.6) is 0 Å². The van der Waals surface area contributed by atoms with Crippen molar-refractivity contribution in [2.24, 2.45) is 0 Å². The van der Waals surface area contributed by atoms with Crippen LogP contribution >= 0.6 is 15.9 Å². The number of halogens is 1. The molecule has 1 nitrogen and oxygen atoms in total. The molecular weight excluding hydrogens is 262 g/mol. The summed E-state index contributed by atoms with van der Waals surface area (Å²) in [6, 6.07) is 18.8. The molecule has 0 fully saturated rings. The van der Waals surface area contributed by atoms with Crippen molar-refractivity contribution in [3.8, 4) is 11.1 Å². The van der Waals surface area contributed by atoms with Crippen molar-refractivity contribution in [3.05, 3.63) is 65.4 Å². The van der Waals surface area contributed by atoms with Gasteiger partial charge in [-0.3, -0.25) is 0 Å². The van der Waals surface area contributed by atoms with Gasteiger partial charge in [-0.25, -0.2) is 0 Å². The molecule has 3 aromatic rings. The maximum Gasteiger partial charge on any atom is 0.0898 e. The van der Waals surface area contributed by atoms with E-state index in [4.69, 9.17) is 0 Å². The van der Waals surface area contributed by atoms with E-state index in [1.54, 1.807) is 0 Å². The van der Waals surface area contributed by atoms with Crippen LogP contribution < -0.4 is 0 Å². The summed E-state index contributed by atoms with van der Waals surface area (Å²) in [5.74, 6) is 0. The third-order valence-electron chi connectivity index (χ3n) is 2.71. The van der Waals surface area contributed by atoms with Gasteiger partial charge in [0.2, 0.25) is 0 Å². The molecule has 1 aromatic carbocycles. The molecule has 0 aliphatic carbocycles. The van der Waals surface area contributed by atoms with Gasteiger partial charge in [0, 0.05) is 11.8 Å². The van der Waals surface area contributed by atoms with Crippen LogP contribution in [0.25, 0.3) is 16.6 Å². The highest BCUT2D eigenvalue weighted by atomic mass is 79.9. The van der Waals surface area contributed by atoms with Crippen LogP contribution in [-0.4, -0.2) is 4.40 Å². The maximum absolute atomic E-state index is 3.58. The van der Waals surface area contributed by atoms with E-state index < -0.39 is 0 Å². The van der Waals surface area contributed by atoms with E-state index in [1.165, 1.54) is 16.6 Å². The summed E-state index contributed by atoms with van der Waals surface area (Å²) >= 11 is 3.58. The number of nitrogens with zero attached hydrogens (tertiary/aromatic N) is 1. The zero-order valence-corrected chi connectivity index (χ0v) is 10.2. The maximum atomic E-state index is 3.58. The van der Waals surface area contributed by atoms with Crippen molar-refractivity contribution < 1.29 is 0 Å². The lowest BCUT2D eigenvalue weighted by atomic mass is 10.1. The largest absolute Gasteiger partial charge is 0.311 e. The molecule has 0 unspecified atom stereocenters. The van der Waals surface area contributed by atoms with Gasteiger partial charge in [-0.2, -0.15) is 0 Å². The second kappa shape index (κ2) is 3.80. The fourth-order valence-electron chi connectivity index (χ4n) is 1.96. The quantitative estimate of drug-likeness (QED) is 0.619. The number of fused-ring (bicyclic) bond motifs is 1. The van der Waals surface area contributed by atoms with Crippen LogP contribution in [0, 0.1) is 0 Å². The summed E-state index contributed by atoms with van der Waals surface area (Å²) in [6.45, 7) is 0. The first kappa shape index (κ1) is 9.67. The highest BCUT2D eigenvalue weighted by Crippen LogP contribution is 2.30. The van der Waals surface area contributed by atoms with Crippen molar-refractivity contribution in [1.82, 2.24) is 4.40 Å². The van der Waals surface area contributed by atoms with E-state index in [0.29, 0.717) is 0 Å². The van der Waals surface area contributed by atoms with Gasteiger partial charge in [-0.05, 0) is 39.7 Å². The van der Waals surface area contributed by atoms with Gasteiger partial charge in [0.15, 0.2) is 0 Å². The van der Waals surface area contributed by atoms with Gasteiger partial charge in [0.1, 0.15) is 0 Å². The lowest BCUT2D eigenvalue weighted by Gasteiger charge is -1.99.